The monoisotopic (exact) mass is 586 g/mol. The van der Waals surface area contributed by atoms with Gasteiger partial charge in [0.1, 0.15) is 4.21 Å². The number of rotatable bonds is 10. The summed E-state index contributed by atoms with van der Waals surface area (Å²) in [4.78, 5) is 26.7. The molecule has 0 aliphatic rings. The van der Waals surface area contributed by atoms with E-state index in [1.807, 2.05) is 30.3 Å². The Hall–Kier alpha value is -3.98. The van der Waals surface area contributed by atoms with Gasteiger partial charge in [-0.05, 0) is 42.0 Å². The summed E-state index contributed by atoms with van der Waals surface area (Å²) >= 11 is 0.716. The minimum Gasteiger partial charge on any atom is -0.298 e. The maximum absolute atomic E-state index is 13.1. The van der Waals surface area contributed by atoms with E-state index in [-0.39, 0.29) is 43.5 Å². The van der Waals surface area contributed by atoms with Crippen LogP contribution in [0.3, 0.4) is 0 Å². The lowest BCUT2D eigenvalue weighted by Crippen LogP contribution is -2.30. The molecule has 1 aromatic heterocycles. The molecule has 0 bridgehead atoms. The highest BCUT2D eigenvalue weighted by Gasteiger charge is 2.25. The van der Waals surface area contributed by atoms with Crippen LogP contribution in [0.25, 0.3) is 0 Å². The van der Waals surface area contributed by atoms with E-state index in [9.17, 15) is 31.7 Å². The predicted molar refractivity (Wildman–Crippen MR) is 145 cm³/mol. The maximum Gasteiger partial charge on any atom is 0.269 e. The van der Waals surface area contributed by atoms with E-state index in [0.717, 1.165) is 36.0 Å². The second kappa shape index (κ2) is 11.4. The highest BCUT2D eigenvalue weighted by Crippen LogP contribution is 2.30. The van der Waals surface area contributed by atoms with Crippen molar-refractivity contribution in [1.82, 2.24) is 9.29 Å². The third kappa shape index (κ3) is 6.20. The number of thiazole rings is 1. The molecule has 4 aromatic rings. The van der Waals surface area contributed by atoms with Gasteiger partial charge in [-0.3, -0.25) is 20.2 Å². The molecule has 4 rings (SSSR count). The third-order valence-electron chi connectivity index (χ3n) is 5.64. The van der Waals surface area contributed by atoms with Crippen molar-refractivity contribution in [3.63, 3.8) is 0 Å². The Morgan fingerprint density at radius 1 is 0.949 bits per heavy atom. The SMILES string of the molecule is CCN(Cc1ccccc1)S(=O)(=O)c1ccc(C(=O)Nc2ncc(S(=O)(=O)c3ccc([N+](=O)[O-])cc3)s2)cc1. The molecule has 202 valence electrons. The first-order chi connectivity index (χ1) is 18.5. The smallest absolute Gasteiger partial charge is 0.269 e. The first-order valence-corrected chi connectivity index (χ1v) is 15.2. The van der Waals surface area contributed by atoms with Gasteiger partial charge in [0.25, 0.3) is 11.6 Å². The molecular weight excluding hydrogens is 564 g/mol. The zero-order valence-corrected chi connectivity index (χ0v) is 22.9. The van der Waals surface area contributed by atoms with E-state index < -0.39 is 30.7 Å². The zero-order chi connectivity index (χ0) is 28.2. The number of hydrogen-bond acceptors (Lipinski definition) is 9. The van der Waals surface area contributed by atoms with Gasteiger partial charge in [0.05, 0.1) is 20.9 Å². The van der Waals surface area contributed by atoms with Crippen LogP contribution in [-0.4, -0.2) is 43.5 Å². The summed E-state index contributed by atoms with van der Waals surface area (Å²) in [7, 11) is -7.82. The van der Waals surface area contributed by atoms with Crippen LogP contribution in [0, 0.1) is 10.1 Å². The highest BCUT2D eigenvalue weighted by atomic mass is 32.2. The molecule has 0 aliphatic heterocycles. The Morgan fingerprint density at radius 3 is 2.15 bits per heavy atom. The fraction of sp³-hybridized carbons (Fsp3) is 0.120. The van der Waals surface area contributed by atoms with E-state index >= 15 is 0 Å². The lowest BCUT2D eigenvalue weighted by atomic mass is 10.2. The lowest BCUT2D eigenvalue weighted by Gasteiger charge is -2.20. The van der Waals surface area contributed by atoms with Crippen LogP contribution in [0.2, 0.25) is 0 Å². The molecule has 1 N–H and O–H groups in total. The van der Waals surface area contributed by atoms with Gasteiger partial charge in [-0.1, -0.05) is 48.6 Å². The van der Waals surface area contributed by atoms with Crippen LogP contribution < -0.4 is 5.32 Å². The van der Waals surface area contributed by atoms with Gasteiger partial charge < -0.3 is 0 Å². The summed E-state index contributed by atoms with van der Waals surface area (Å²) in [6, 6.07) is 19.0. The predicted octanol–water partition coefficient (Wildman–Crippen LogP) is 4.35. The second-order valence-electron chi connectivity index (χ2n) is 8.13. The maximum atomic E-state index is 13.1. The number of hydrogen-bond donors (Lipinski definition) is 1. The number of nitro benzene ring substituents is 1. The number of benzene rings is 3. The van der Waals surface area contributed by atoms with E-state index in [1.54, 1.807) is 6.92 Å². The molecule has 39 heavy (non-hydrogen) atoms. The molecule has 0 atom stereocenters. The van der Waals surface area contributed by atoms with E-state index in [1.165, 1.54) is 28.6 Å². The van der Waals surface area contributed by atoms with Gasteiger partial charge in [0.2, 0.25) is 19.9 Å². The summed E-state index contributed by atoms with van der Waals surface area (Å²) in [5.41, 5.74) is 0.746. The summed E-state index contributed by atoms with van der Waals surface area (Å²) in [5, 5.41) is 13.3. The van der Waals surface area contributed by atoms with Crippen LogP contribution in [-0.2, 0) is 26.4 Å². The standard InChI is InChI=1S/C25H22N4O7S3/c1-2-28(17-18-6-4-3-5-7-18)39(35,36)22-12-8-19(9-13-22)24(30)27-25-26-16-23(37-25)38(33,34)21-14-10-20(11-15-21)29(31)32/h3-16H,2,17H2,1H3,(H,26,27,30). The first-order valence-electron chi connectivity index (χ1n) is 11.4. The van der Waals surface area contributed by atoms with Crippen LogP contribution in [0.5, 0.6) is 0 Å². The number of amides is 1. The number of nitro groups is 1. The van der Waals surface area contributed by atoms with Crippen LogP contribution in [0.15, 0.2) is 99.1 Å². The van der Waals surface area contributed by atoms with Crippen molar-refractivity contribution in [2.75, 3.05) is 11.9 Å². The topological polar surface area (TPSA) is 157 Å². The van der Waals surface area contributed by atoms with Crippen molar-refractivity contribution in [1.29, 1.82) is 0 Å². The fourth-order valence-electron chi connectivity index (χ4n) is 3.55. The van der Waals surface area contributed by atoms with Gasteiger partial charge in [-0.25, -0.2) is 21.8 Å². The number of anilines is 1. The van der Waals surface area contributed by atoms with Crippen molar-refractivity contribution < 1.29 is 26.6 Å². The van der Waals surface area contributed by atoms with Crippen molar-refractivity contribution >= 4 is 47.9 Å². The average molecular weight is 587 g/mol. The Morgan fingerprint density at radius 2 is 1.56 bits per heavy atom. The number of nitrogens with one attached hydrogen (secondary N) is 1. The van der Waals surface area contributed by atoms with Gasteiger partial charge in [-0.2, -0.15) is 4.31 Å². The molecule has 14 heteroatoms. The van der Waals surface area contributed by atoms with Gasteiger partial charge in [0, 0.05) is 30.8 Å². The number of nitrogens with zero attached hydrogens (tertiary/aromatic N) is 3. The van der Waals surface area contributed by atoms with Gasteiger partial charge >= 0.3 is 0 Å². The summed E-state index contributed by atoms with van der Waals surface area (Å²) in [6.45, 7) is 2.21. The Labute approximate surface area is 228 Å². The molecule has 11 nitrogen and oxygen atoms in total. The first kappa shape index (κ1) is 28.0. The molecule has 1 heterocycles. The number of carbonyl (C=O) groups excluding carboxylic acids is 1. The molecule has 3 aromatic carbocycles. The average Bonchev–Trinajstić information content (AvgIpc) is 3.41. The molecule has 0 saturated carbocycles. The molecule has 0 radical (unpaired) electrons. The Bertz CT molecular complexity index is 1700. The molecule has 0 fully saturated rings. The van der Waals surface area contributed by atoms with Crippen molar-refractivity contribution in [2.24, 2.45) is 0 Å². The number of sulfone groups is 1. The van der Waals surface area contributed by atoms with E-state index in [4.69, 9.17) is 0 Å². The molecular formula is C25H22N4O7S3. The lowest BCUT2D eigenvalue weighted by molar-refractivity contribution is -0.384. The van der Waals surface area contributed by atoms with Crippen LogP contribution in [0.1, 0.15) is 22.8 Å². The normalized spacial score (nSPS) is 11.8. The zero-order valence-electron chi connectivity index (χ0n) is 20.4. The van der Waals surface area contributed by atoms with Crippen LogP contribution >= 0.6 is 11.3 Å². The summed E-state index contributed by atoms with van der Waals surface area (Å²) in [5.74, 6) is -0.607. The number of carbonyl (C=O) groups is 1. The Balaban J connectivity index is 1.46. The summed E-state index contributed by atoms with van der Waals surface area (Å²) < 4.78 is 53.1. The molecule has 0 aliphatic carbocycles. The van der Waals surface area contributed by atoms with Gasteiger partial charge in [-0.15, -0.1) is 0 Å². The number of non-ortho nitro benzene ring substituents is 1. The molecule has 0 spiro atoms. The number of sulfonamides is 1. The largest absolute Gasteiger partial charge is 0.298 e. The third-order valence-corrected chi connectivity index (χ3v) is 10.7. The van der Waals surface area contributed by atoms with E-state index in [2.05, 4.69) is 10.3 Å². The highest BCUT2D eigenvalue weighted by molar-refractivity contribution is 7.93. The van der Waals surface area contributed by atoms with Crippen molar-refractivity contribution in [2.45, 2.75) is 27.5 Å². The minimum atomic E-state index is -4.01. The second-order valence-corrected chi connectivity index (χ2v) is 13.3. The van der Waals surface area contributed by atoms with Crippen molar-refractivity contribution in [3.05, 3.63) is 106 Å². The molecule has 0 saturated heterocycles. The quantitative estimate of drug-likeness (QED) is 0.212. The number of aromatic nitrogens is 1. The van der Waals surface area contributed by atoms with E-state index in [0.29, 0.717) is 11.3 Å². The fourth-order valence-corrected chi connectivity index (χ4v) is 7.42. The van der Waals surface area contributed by atoms with Gasteiger partial charge in [0.15, 0.2) is 5.13 Å². The van der Waals surface area contributed by atoms with Crippen LogP contribution in [0.4, 0.5) is 10.8 Å². The Kier molecular flexibility index (Phi) is 8.20. The van der Waals surface area contributed by atoms with Crippen molar-refractivity contribution in [3.8, 4) is 0 Å². The minimum absolute atomic E-state index is 0.0113. The molecule has 0 unspecified atom stereocenters. The summed E-state index contributed by atoms with van der Waals surface area (Å²) in [6.07, 6.45) is 1.08. The molecule has 1 amide bonds.